The normalized spacial score (nSPS) is 26.4. The minimum absolute atomic E-state index is 0.0880. The lowest BCUT2D eigenvalue weighted by Gasteiger charge is -2.32. The number of benzene rings is 2. The smallest absolute Gasteiger partial charge is 0.237 e. The number of carbonyl (C=O) groups is 2. The fourth-order valence-electron chi connectivity index (χ4n) is 7.48. The number of halogens is 1. The van der Waals surface area contributed by atoms with Gasteiger partial charge in [-0.25, -0.2) is 4.39 Å². The van der Waals surface area contributed by atoms with E-state index < -0.39 is 11.3 Å². The predicted octanol–water partition coefficient (Wildman–Crippen LogP) is 5.45. The van der Waals surface area contributed by atoms with E-state index in [4.69, 9.17) is 0 Å². The molecule has 6 heteroatoms. The number of carbonyl (C=O) groups excluding carboxylic acids is 2. The summed E-state index contributed by atoms with van der Waals surface area (Å²) in [6, 6.07) is 13.7. The molecule has 2 aromatic rings. The minimum Gasteiger partial charge on any atom is -0.314 e. The molecule has 192 valence electrons. The van der Waals surface area contributed by atoms with Crippen LogP contribution in [0.15, 0.2) is 36.4 Å². The molecule has 4 atom stereocenters. The summed E-state index contributed by atoms with van der Waals surface area (Å²) in [5.41, 5.74) is 3.69. The van der Waals surface area contributed by atoms with Gasteiger partial charge in [0, 0.05) is 25.2 Å². The number of ketones is 1. The van der Waals surface area contributed by atoms with Gasteiger partial charge in [-0.3, -0.25) is 9.59 Å². The number of nitrogens with zero attached hydrogens (tertiary/aromatic N) is 2. The highest BCUT2D eigenvalue weighted by atomic mass is 19.1. The van der Waals surface area contributed by atoms with E-state index in [0.717, 1.165) is 73.7 Å². The zero-order chi connectivity index (χ0) is 25.7. The molecule has 2 aliphatic heterocycles. The molecule has 5 nitrogen and oxygen atoms in total. The van der Waals surface area contributed by atoms with Crippen molar-refractivity contribution in [3.8, 4) is 17.2 Å². The molecule has 2 aromatic carbocycles. The van der Waals surface area contributed by atoms with Crippen molar-refractivity contribution in [2.45, 2.75) is 81.7 Å². The molecule has 3 fully saturated rings. The lowest BCUT2D eigenvalue weighted by atomic mass is 9.70. The van der Waals surface area contributed by atoms with Gasteiger partial charge in [-0.1, -0.05) is 37.5 Å². The molecule has 6 rings (SSSR count). The SMILES string of the molecule is CN1C(=O)C2(CCCCC2)c2cc(-c3ccc(C[C@@H](C#N)CC(=O)[C@H]4N[C@@H]5CC[C@H]4C5)c(F)c3)ccc21. The third kappa shape index (κ3) is 4.08. The average Bonchev–Trinajstić information content (AvgIpc) is 3.61. The molecule has 2 aliphatic carbocycles. The van der Waals surface area contributed by atoms with Crippen molar-refractivity contribution in [3.63, 3.8) is 0 Å². The zero-order valence-corrected chi connectivity index (χ0v) is 21.4. The highest BCUT2D eigenvalue weighted by Gasteiger charge is 2.50. The second-order valence-corrected chi connectivity index (χ2v) is 11.7. The summed E-state index contributed by atoms with van der Waals surface area (Å²) in [5, 5.41) is 13.1. The number of anilines is 1. The maximum absolute atomic E-state index is 15.3. The summed E-state index contributed by atoms with van der Waals surface area (Å²) in [6.07, 6.45) is 8.64. The van der Waals surface area contributed by atoms with Gasteiger partial charge < -0.3 is 10.2 Å². The van der Waals surface area contributed by atoms with E-state index in [1.54, 1.807) is 11.0 Å². The van der Waals surface area contributed by atoms with E-state index in [1.165, 1.54) is 6.07 Å². The van der Waals surface area contributed by atoms with Gasteiger partial charge in [-0.05, 0) is 84.9 Å². The molecule has 0 unspecified atom stereocenters. The van der Waals surface area contributed by atoms with Crippen LogP contribution in [0.2, 0.25) is 0 Å². The molecular formula is C31H34FN3O2. The fourth-order valence-corrected chi connectivity index (χ4v) is 7.48. The van der Waals surface area contributed by atoms with Crippen LogP contribution in [0.25, 0.3) is 11.1 Å². The second kappa shape index (κ2) is 9.36. The van der Waals surface area contributed by atoms with E-state index in [2.05, 4.69) is 17.5 Å². The summed E-state index contributed by atoms with van der Waals surface area (Å²) in [7, 11) is 1.85. The first kappa shape index (κ1) is 24.3. The van der Waals surface area contributed by atoms with E-state index in [1.807, 2.05) is 25.2 Å². The van der Waals surface area contributed by atoms with Crippen LogP contribution in [-0.2, 0) is 21.4 Å². The van der Waals surface area contributed by atoms with Crippen LogP contribution in [0.4, 0.5) is 10.1 Å². The highest BCUT2D eigenvalue weighted by Crippen LogP contribution is 2.50. The maximum atomic E-state index is 15.3. The first-order valence-corrected chi connectivity index (χ1v) is 13.8. The van der Waals surface area contributed by atoms with Crippen LogP contribution < -0.4 is 10.2 Å². The molecule has 4 aliphatic rings. The number of nitriles is 1. The van der Waals surface area contributed by atoms with E-state index >= 15 is 4.39 Å². The monoisotopic (exact) mass is 499 g/mol. The van der Waals surface area contributed by atoms with Gasteiger partial charge in [-0.15, -0.1) is 0 Å². The second-order valence-electron chi connectivity index (χ2n) is 11.7. The molecule has 2 heterocycles. The summed E-state index contributed by atoms with van der Waals surface area (Å²) in [4.78, 5) is 27.9. The molecule has 2 bridgehead atoms. The molecule has 37 heavy (non-hydrogen) atoms. The maximum Gasteiger partial charge on any atom is 0.237 e. The Morgan fingerprint density at radius 2 is 1.92 bits per heavy atom. The molecule has 0 radical (unpaired) electrons. The molecule has 1 amide bonds. The molecule has 1 N–H and O–H groups in total. The van der Waals surface area contributed by atoms with Crippen LogP contribution in [-0.4, -0.2) is 30.8 Å². The van der Waals surface area contributed by atoms with E-state index in [0.29, 0.717) is 17.5 Å². The Morgan fingerprint density at radius 3 is 2.59 bits per heavy atom. The Hall–Kier alpha value is -3.04. The van der Waals surface area contributed by atoms with E-state index in [-0.39, 0.29) is 36.4 Å². The van der Waals surface area contributed by atoms with Crippen molar-refractivity contribution in [2.24, 2.45) is 11.8 Å². The Morgan fingerprint density at radius 1 is 1.16 bits per heavy atom. The summed E-state index contributed by atoms with van der Waals surface area (Å²) in [5.74, 6) is -0.238. The summed E-state index contributed by atoms with van der Waals surface area (Å²) < 4.78 is 15.3. The number of rotatable bonds is 6. The standard InChI is InChI=1S/C31H34FN3O2/c1-35-27-10-8-20(16-25(27)31(30(35)37)11-3-2-4-12-31)21-5-6-22(26(32)17-21)13-19(18-33)14-28(36)29-23-7-9-24(15-23)34-29/h5-6,8,10,16-17,19,23-24,29,34H,2-4,7,9,11-15H2,1H3/t19-,23+,24-,29+/m1/s1. The van der Waals surface area contributed by atoms with Gasteiger partial charge in [0.2, 0.25) is 5.91 Å². The van der Waals surface area contributed by atoms with Gasteiger partial charge in [0.15, 0.2) is 5.78 Å². The third-order valence-electron chi connectivity index (χ3n) is 9.48. The van der Waals surface area contributed by atoms with Crippen molar-refractivity contribution in [1.29, 1.82) is 5.26 Å². The minimum atomic E-state index is -0.540. The lowest BCUT2D eigenvalue weighted by molar-refractivity contribution is -0.124. The number of nitrogens with one attached hydrogen (secondary N) is 1. The van der Waals surface area contributed by atoms with Crippen molar-refractivity contribution in [2.75, 3.05) is 11.9 Å². The Balaban J connectivity index is 1.20. The Bertz CT molecular complexity index is 1290. The van der Waals surface area contributed by atoms with Crippen molar-refractivity contribution >= 4 is 17.4 Å². The van der Waals surface area contributed by atoms with Crippen molar-refractivity contribution < 1.29 is 14.0 Å². The molecule has 0 aromatic heterocycles. The van der Waals surface area contributed by atoms with E-state index in [9.17, 15) is 14.9 Å². The largest absolute Gasteiger partial charge is 0.314 e. The average molecular weight is 500 g/mol. The van der Waals surface area contributed by atoms with Crippen LogP contribution in [0.3, 0.4) is 0 Å². The zero-order valence-electron chi connectivity index (χ0n) is 21.4. The Kier molecular flexibility index (Phi) is 6.15. The molecule has 1 saturated heterocycles. The number of Topliss-reactive ketones (excluding diaryl/α,β-unsaturated/α-hetero) is 1. The number of hydrogen-bond donors (Lipinski definition) is 1. The molecular weight excluding hydrogens is 465 g/mol. The quantitative estimate of drug-likeness (QED) is 0.573. The molecule has 2 saturated carbocycles. The van der Waals surface area contributed by atoms with Crippen LogP contribution in [0, 0.1) is 29.0 Å². The van der Waals surface area contributed by atoms with Gasteiger partial charge >= 0.3 is 0 Å². The first-order valence-electron chi connectivity index (χ1n) is 13.8. The Labute approximate surface area is 218 Å². The highest BCUT2D eigenvalue weighted by molar-refractivity contribution is 6.08. The van der Waals surface area contributed by atoms with Crippen molar-refractivity contribution in [3.05, 3.63) is 53.3 Å². The topological polar surface area (TPSA) is 73.2 Å². The molecule has 1 spiro atoms. The first-order chi connectivity index (χ1) is 17.9. The summed E-state index contributed by atoms with van der Waals surface area (Å²) in [6.45, 7) is 0. The predicted molar refractivity (Wildman–Crippen MR) is 140 cm³/mol. The van der Waals surface area contributed by atoms with Gasteiger partial charge in [-0.2, -0.15) is 5.26 Å². The number of hydrogen-bond acceptors (Lipinski definition) is 4. The lowest BCUT2D eigenvalue weighted by Crippen LogP contribution is -2.42. The van der Waals surface area contributed by atoms with Crippen LogP contribution in [0.5, 0.6) is 0 Å². The van der Waals surface area contributed by atoms with Gasteiger partial charge in [0.05, 0.1) is 23.4 Å². The number of likely N-dealkylation sites (N-methyl/N-ethyl adjacent to an activating group) is 1. The third-order valence-corrected chi connectivity index (χ3v) is 9.48. The fraction of sp³-hybridized carbons (Fsp3) is 0.516. The summed E-state index contributed by atoms with van der Waals surface area (Å²) >= 11 is 0. The van der Waals surface area contributed by atoms with Gasteiger partial charge in [0.25, 0.3) is 0 Å². The van der Waals surface area contributed by atoms with Crippen molar-refractivity contribution in [1.82, 2.24) is 5.32 Å². The number of amides is 1. The van der Waals surface area contributed by atoms with Gasteiger partial charge in [0.1, 0.15) is 5.82 Å². The number of piperidine rings is 1. The number of fused-ring (bicyclic) bond motifs is 4. The van der Waals surface area contributed by atoms with Crippen LogP contribution >= 0.6 is 0 Å². The van der Waals surface area contributed by atoms with Crippen LogP contribution in [0.1, 0.15) is 68.9 Å².